The third-order valence-electron chi connectivity index (χ3n) is 4.39. The van der Waals surface area contributed by atoms with Crippen LogP contribution in [0.4, 0.5) is 16.0 Å². The molecular formula is C20H25FN4. The minimum Gasteiger partial charge on any atom is -0.370 e. The number of rotatable bonds is 7. The molecule has 0 spiro atoms. The van der Waals surface area contributed by atoms with Gasteiger partial charge in [-0.3, -0.25) is 0 Å². The molecular weight excluding hydrogens is 315 g/mol. The van der Waals surface area contributed by atoms with Crippen molar-refractivity contribution in [3.8, 4) is 0 Å². The molecule has 3 rings (SSSR count). The first-order valence-electron chi connectivity index (χ1n) is 8.95. The molecule has 2 N–H and O–H groups in total. The van der Waals surface area contributed by atoms with Crippen molar-refractivity contribution < 1.29 is 4.39 Å². The summed E-state index contributed by atoms with van der Waals surface area (Å²) in [6.45, 7) is 3.13. The summed E-state index contributed by atoms with van der Waals surface area (Å²) in [5, 5.41) is 6.56. The van der Waals surface area contributed by atoms with Crippen molar-refractivity contribution in [2.75, 3.05) is 17.2 Å². The van der Waals surface area contributed by atoms with E-state index in [0.717, 1.165) is 18.8 Å². The third kappa shape index (κ3) is 5.28. The number of allylic oxidation sites excluding steroid dienone is 1. The fraction of sp³-hybridized carbons (Fsp3) is 0.400. The van der Waals surface area contributed by atoms with E-state index in [-0.39, 0.29) is 5.82 Å². The first kappa shape index (κ1) is 17.4. The van der Waals surface area contributed by atoms with Crippen molar-refractivity contribution in [1.29, 1.82) is 0 Å². The van der Waals surface area contributed by atoms with E-state index in [1.165, 1.54) is 31.7 Å². The smallest absolute Gasteiger partial charge is 0.132 e. The fourth-order valence-corrected chi connectivity index (χ4v) is 3.06. The van der Waals surface area contributed by atoms with Crippen molar-refractivity contribution in [2.45, 2.75) is 45.6 Å². The number of nitrogens with one attached hydrogen (secondary N) is 2. The summed E-state index contributed by atoms with van der Waals surface area (Å²) in [5.74, 6) is 1.99. The zero-order chi connectivity index (χ0) is 17.5. The van der Waals surface area contributed by atoms with E-state index < -0.39 is 0 Å². The monoisotopic (exact) mass is 340 g/mol. The SMILES string of the molecule is Cc1nc(NCCC2=CCCCC2)cc(NCc2ccccc2F)n1. The molecule has 1 aliphatic carbocycles. The highest BCUT2D eigenvalue weighted by Crippen LogP contribution is 2.20. The molecule has 0 atom stereocenters. The largest absolute Gasteiger partial charge is 0.370 e. The zero-order valence-corrected chi connectivity index (χ0v) is 14.7. The minimum absolute atomic E-state index is 0.208. The Balaban J connectivity index is 1.56. The van der Waals surface area contributed by atoms with Gasteiger partial charge in [0.2, 0.25) is 0 Å². The fourth-order valence-electron chi connectivity index (χ4n) is 3.06. The predicted octanol–water partition coefficient (Wildman–Crippen LogP) is 4.84. The normalized spacial score (nSPS) is 14.1. The minimum atomic E-state index is -0.208. The van der Waals surface area contributed by atoms with Gasteiger partial charge in [-0.1, -0.05) is 29.8 Å². The number of hydrogen-bond acceptors (Lipinski definition) is 4. The Morgan fingerprint density at radius 2 is 1.88 bits per heavy atom. The Morgan fingerprint density at radius 3 is 2.64 bits per heavy atom. The molecule has 0 radical (unpaired) electrons. The summed E-state index contributed by atoms with van der Waals surface area (Å²) in [5.41, 5.74) is 2.17. The predicted molar refractivity (Wildman–Crippen MR) is 100 cm³/mol. The molecule has 0 saturated carbocycles. The maximum absolute atomic E-state index is 13.7. The number of aryl methyl sites for hydroxylation is 1. The van der Waals surface area contributed by atoms with Crippen LogP contribution in [0.1, 0.15) is 43.5 Å². The summed E-state index contributed by atoms with van der Waals surface area (Å²) in [7, 11) is 0. The van der Waals surface area contributed by atoms with E-state index in [0.29, 0.717) is 23.8 Å². The molecule has 0 aliphatic heterocycles. The summed E-state index contributed by atoms with van der Waals surface area (Å²) in [4.78, 5) is 8.81. The van der Waals surface area contributed by atoms with E-state index in [4.69, 9.17) is 0 Å². The molecule has 1 aromatic heterocycles. The lowest BCUT2D eigenvalue weighted by Crippen LogP contribution is -2.09. The molecule has 1 aromatic carbocycles. The van der Waals surface area contributed by atoms with Crippen LogP contribution in [-0.4, -0.2) is 16.5 Å². The molecule has 25 heavy (non-hydrogen) atoms. The van der Waals surface area contributed by atoms with Gasteiger partial charge in [0.25, 0.3) is 0 Å². The van der Waals surface area contributed by atoms with Crippen molar-refractivity contribution in [2.24, 2.45) is 0 Å². The summed E-state index contributed by atoms with van der Waals surface area (Å²) < 4.78 is 13.7. The lowest BCUT2D eigenvalue weighted by atomic mass is 9.97. The highest BCUT2D eigenvalue weighted by molar-refractivity contribution is 5.48. The van der Waals surface area contributed by atoms with Gasteiger partial charge < -0.3 is 10.6 Å². The van der Waals surface area contributed by atoms with Crippen molar-refractivity contribution in [3.63, 3.8) is 0 Å². The first-order chi connectivity index (χ1) is 12.2. The molecule has 1 aliphatic rings. The first-order valence-corrected chi connectivity index (χ1v) is 8.95. The van der Waals surface area contributed by atoms with Crippen molar-refractivity contribution in [3.05, 3.63) is 59.2 Å². The molecule has 0 bridgehead atoms. The zero-order valence-electron chi connectivity index (χ0n) is 14.7. The molecule has 0 fully saturated rings. The number of nitrogens with zero attached hydrogens (tertiary/aromatic N) is 2. The standard InChI is InChI=1S/C20H25FN4/c1-15-24-19(22-12-11-16-7-3-2-4-8-16)13-20(25-15)23-14-17-9-5-6-10-18(17)21/h5-7,9-10,13H,2-4,8,11-12,14H2,1H3,(H2,22,23,24,25). The number of anilines is 2. The third-order valence-corrected chi connectivity index (χ3v) is 4.39. The highest BCUT2D eigenvalue weighted by atomic mass is 19.1. The molecule has 5 heteroatoms. The molecule has 132 valence electrons. The van der Waals surface area contributed by atoms with E-state index in [9.17, 15) is 4.39 Å². The average Bonchev–Trinajstić information content (AvgIpc) is 2.62. The summed E-state index contributed by atoms with van der Waals surface area (Å²) in [6, 6.07) is 8.64. The van der Waals surface area contributed by atoms with Gasteiger partial charge in [-0.2, -0.15) is 0 Å². The van der Waals surface area contributed by atoms with E-state index in [1.54, 1.807) is 17.7 Å². The van der Waals surface area contributed by atoms with Gasteiger partial charge in [0.15, 0.2) is 0 Å². The topological polar surface area (TPSA) is 49.8 Å². The van der Waals surface area contributed by atoms with Crippen LogP contribution in [0.5, 0.6) is 0 Å². The summed E-state index contributed by atoms with van der Waals surface area (Å²) >= 11 is 0. The van der Waals surface area contributed by atoms with Gasteiger partial charge in [-0.05, 0) is 45.1 Å². The van der Waals surface area contributed by atoms with Gasteiger partial charge in [-0.15, -0.1) is 0 Å². The molecule has 0 unspecified atom stereocenters. The van der Waals surface area contributed by atoms with Gasteiger partial charge in [0.1, 0.15) is 23.3 Å². The van der Waals surface area contributed by atoms with Crippen LogP contribution in [-0.2, 0) is 6.54 Å². The van der Waals surface area contributed by atoms with E-state index in [2.05, 4.69) is 26.7 Å². The van der Waals surface area contributed by atoms with Crippen LogP contribution in [0.2, 0.25) is 0 Å². The van der Waals surface area contributed by atoms with Crippen LogP contribution in [0.3, 0.4) is 0 Å². The second-order valence-electron chi connectivity index (χ2n) is 6.42. The van der Waals surface area contributed by atoms with Crippen LogP contribution in [0, 0.1) is 12.7 Å². The average molecular weight is 340 g/mol. The van der Waals surface area contributed by atoms with Crippen LogP contribution in [0.15, 0.2) is 42.0 Å². The van der Waals surface area contributed by atoms with Crippen LogP contribution >= 0.6 is 0 Å². The van der Waals surface area contributed by atoms with E-state index in [1.807, 2.05) is 19.1 Å². The van der Waals surface area contributed by atoms with Gasteiger partial charge in [-0.25, -0.2) is 14.4 Å². The molecule has 1 heterocycles. The second-order valence-corrected chi connectivity index (χ2v) is 6.42. The van der Waals surface area contributed by atoms with Crippen LogP contribution < -0.4 is 10.6 Å². The number of aromatic nitrogens is 2. The Morgan fingerprint density at radius 1 is 1.08 bits per heavy atom. The lowest BCUT2D eigenvalue weighted by molar-refractivity contribution is 0.613. The van der Waals surface area contributed by atoms with Crippen molar-refractivity contribution in [1.82, 2.24) is 9.97 Å². The molecule has 0 amide bonds. The van der Waals surface area contributed by atoms with Gasteiger partial charge in [0.05, 0.1) is 0 Å². The summed E-state index contributed by atoms with van der Waals surface area (Å²) in [6.07, 6.45) is 8.49. The molecule has 2 aromatic rings. The number of benzene rings is 1. The molecule has 4 nitrogen and oxygen atoms in total. The maximum Gasteiger partial charge on any atom is 0.132 e. The second kappa shape index (κ2) is 8.60. The maximum atomic E-state index is 13.7. The van der Waals surface area contributed by atoms with E-state index >= 15 is 0 Å². The molecule has 0 saturated heterocycles. The van der Waals surface area contributed by atoms with Gasteiger partial charge >= 0.3 is 0 Å². The highest BCUT2D eigenvalue weighted by Gasteiger charge is 2.06. The Hall–Kier alpha value is -2.43. The Kier molecular flexibility index (Phi) is 5.99. The number of halogens is 1. The lowest BCUT2D eigenvalue weighted by Gasteiger charge is -2.14. The Labute approximate surface area is 148 Å². The Bertz CT molecular complexity index is 742. The number of hydrogen-bond donors (Lipinski definition) is 2. The van der Waals surface area contributed by atoms with Crippen LogP contribution in [0.25, 0.3) is 0 Å². The quantitative estimate of drug-likeness (QED) is 0.708. The van der Waals surface area contributed by atoms with Crippen molar-refractivity contribution >= 4 is 11.6 Å². The van der Waals surface area contributed by atoms with Gasteiger partial charge in [0, 0.05) is 24.7 Å².